The highest BCUT2D eigenvalue weighted by atomic mass is 79.9. The normalized spacial score (nSPS) is 10.4. The summed E-state index contributed by atoms with van der Waals surface area (Å²) in [6, 6.07) is 11.1. The van der Waals surface area contributed by atoms with Crippen LogP contribution in [0.3, 0.4) is 0 Å². The number of hydrogen-bond donors (Lipinski definition) is 2. The van der Waals surface area contributed by atoms with Gasteiger partial charge in [-0.15, -0.1) is 0 Å². The summed E-state index contributed by atoms with van der Waals surface area (Å²) in [6.45, 7) is 3.85. The lowest BCUT2D eigenvalue weighted by Gasteiger charge is -2.12. The van der Waals surface area contributed by atoms with Crippen LogP contribution in [0.5, 0.6) is 5.75 Å². The Kier molecular flexibility index (Phi) is 5.39. The third kappa shape index (κ3) is 4.56. The zero-order valence-corrected chi connectivity index (χ0v) is 14.3. The van der Waals surface area contributed by atoms with Gasteiger partial charge in [-0.05, 0) is 72.2 Å². The molecule has 5 nitrogen and oxygen atoms in total. The number of carbonyl (C=O) groups is 2. The van der Waals surface area contributed by atoms with Gasteiger partial charge in [0.05, 0.1) is 16.1 Å². The fourth-order valence-electron chi connectivity index (χ4n) is 1.89. The van der Waals surface area contributed by atoms with Crippen molar-refractivity contribution in [3.63, 3.8) is 0 Å². The largest absolute Gasteiger partial charge is 0.490 e. The summed E-state index contributed by atoms with van der Waals surface area (Å²) >= 11 is 3.38. The van der Waals surface area contributed by atoms with E-state index >= 15 is 0 Å². The minimum atomic E-state index is -1.01. The topological polar surface area (TPSA) is 75.6 Å². The van der Waals surface area contributed by atoms with Crippen molar-refractivity contribution in [2.75, 3.05) is 5.32 Å². The number of benzene rings is 2. The zero-order chi connectivity index (χ0) is 17.0. The van der Waals surface area contributed by atoms with E-state index in [1.165, 1.54) is 12.1 Å². The van der Waals surface area contributed by atoms with Gasteiger partial charge in [-0.2, -0.15) is 0 Å². The molecule has 0 radical (unpaired) electrons. The summed E-state index contributed by atoms with van der Waals surface area (Å²) in [5, 5.41) is 11.6. The first-order valence-corrected chi connectivity index (χ1v) is 7.77. The first-order valence-electron chi connectivity index (χ1n) is 6.97. The number of halogens is 1. The second-order valence-electron chi connectivity index (χ2n) is 5.15. The molecule has 23 heavy (non-hydrogen) atoms. The Bertz CT molecular complexity index is 726. The van der Waals surface area contributed by atoms with Gasteiger partial charge in [-0.25, -0.2) is 4.79 Å². The minimum Gasteiger partial charge on any atom is -0.490 e. The number of carboxylic acids is 1. The van der Waals surface area contributed by atoms with Gasteiger partial charge >= 0.3 is 5.97 Å². The standard InChI is InChI=1S/C17H16BrNO4/c1-10(2)23-15-8-5-12(9-14(15)18)16(20)19-13-6-3-11(4-7-13)17(21)22/h3-10H,1-2H3,(H,19,20)(H,21,22). The molecule has 0 saturated heterocycles. The van der Waals surface area contributed by atoms with Crippen molar-refractivity contribution in [2.24, 2.45) is 0 Å². The lowest BCUT2D eigenvalue weighted by molar-refractivity contribution is 0.0696. The molecule has 2 aromatic rings. The molecule has 120 valence electrons. The van der Waals surface area contributed by atoms with E-state index < -0.39 is 5.97 Å². The van der Waals surface area contributed by atoms with Crippen LogP contribution < -0.4 is 10.1 Å². The van der Waals surface area contributed by atoms with Crippen LogP contribution in [0.4, 0.5) is 5.69 Å². The van der Waals surface area contributed by atoms with E-state index in [1.807, 2.05) is 13.8 Å². The molecule has 1 amide bonds. The first kappa shape index (κ1) is 17.0. The molecule has 6 heteroatoms. The van der Waals surface area contributed by atoms with Crippen LogP contribution in [0.1, 0.15) is 34.6 Å². The minimum absolute atomic E-state index is 0.0405. The SMILES string of the molecule is CC(C)Oc1ccc(C(=O)Nc2ccc(C(=O)O)cc2)cc1Br. The quantitative estimate of drug-likeness (QED) is 0.818. The van der Waals surface area contributed by atoms with Crippen molar-refractivity contribution >= 4 is 33.5 Å². The number of carbonyl (C=O) groups excluding carboxylic acids is 1. The van der Waals surface area contributed by atoms with Gasteiger partial charge in [-0.1, -0.05) is 0 Å². The number of nitrogens with one attached hydrogen (secondary N) is 1. The number of aromatic carboxylic acids is 1. The number of amides is 1. The summed E-state index contributed by atoms with van der Waals surface area (Å²) in [6.07, 6.45) is 0.0405. The zero-order valence-electron chi connectivity index (χ0n) is 12.7. The first-order chi connectivity index (χ1) is 10.9. The van der Waals surface area contributed by atoms with Gasteiger partial charge in [-0.3, -0.25) is 4.79 Å². The van der Waals surface area contributed by atoms with Gasteiger partial charge in [0.1, 0.15) is 5.75 Å². The maximum atomic E-state index is 12.2. The third-order valence-electron chi connectivity index (χ3n) is 2.95. The lowest BCUT2D eigenvalue weighted by atomic mass is 10.1. The van der Waals surface area contributed by atoms with Crippen LogP contribution in [0.15, 0.2) is 46.9 Å². The van der Waals surface area contributed by atoms with E-state index in [2.05, 4.69) is 21.2 Å². The molecule has 0 aliphatic rings. The third-order valence-corrected chi connectivity index (χ3v) is 3.57. The molecule has 2 N–H and O–H groups in total. The summed E-state index contributed by atoms with van der Waals surface area (Å²) in [7, 11) is 0. The molecule has 0 heterocycles. The fourth-order valence-corrected chi connectivity index (χ4v) is 2.36. The highest BCUT2D eigenvalue weighted by molar-refractivity contribution is 9.10. The molecule has 0 aliphatic carbocycles. The summed E-state index contributed by atoms with van der Waals surface area (Å²) in [5.41, 5.74) is 1.16. The van der Waals surface area contributed by atoms with Crippen molar-refractivity contribution in [2.45, 2.75) is 20.0 Å². The smallest absolute Gasteiger partial charge is 0.335 e. The average molecular weight is 378 g/mol. The van der Waals surface area contributed by atoms with Gasteiger partial charge in [0, 0.05) is 11.3 Å². The van der Waals surface area contributed by atoms with Crippen molar-refractivity contribution in [3.8, 4) is 5.75 Å². The lowest BCUT2D eigenvalue weighted by Crippen LogP contribution is -2.12. The molecule has 0 unspecified atom stereocenters. The van der Waals surface area contributed by atoms with E-state index in [4.69, 9.17) is 9.84 Å². The van der Waals surface area contributed by atoms with E-state index in [-0.39, 0.29) is 17.6 Å². The van der Waals surface area contributed by atoms with Crippen molar-refractivity contribution in [3.05, 3.63) is 58.1 Å². The van der Waals surface area contributed by atoms with Crippen LogP contribution in [0, 0.1) is 0 Å². The van der Waals surface area contributed by atoms with E-state index in [0.29, 0.717) is 21.5 Å². The van der Waals surface area contributed by atoms with E-state index in [0.717, 1.165) is 0 Å². The number of ether oxygens (including phenoxy) is 1. The Balaban J connectivity index is 2.11. The Morgan fingerprint density at radius 3 is 2.22 bits per heavy atom. The predicted octanol–water partition coefficient (Wildman–Crippen LogP) is 4.19. The second-order valence-corrected chi connectivity index (χ2v) is 6.00. The summed E-state index contributed by atoms with van der Waals surface area (Å²) < 4.78 is 6.29. The molecule has 0 aliphatic heterocycles. The molecule has 0 saturated carbocycles. The summed E-state index contributed by atoms with van der Waals surface area (Å²) in [5.74, 6) is -0.625. The Hall–Kier alpha value is -2.34. The van der Waals surface area contributed by atoms with Crippen LogP contribution in [-0.4, -0.2) is 23.1 Å². The molecule has 0 spiro atoms. The van der Waals surface area contributed by atoms with Crippen LogP contribution in [-0.2, 0) is 0 Å². The number of hydrogen-bond acceptors (Lipinski definition) is 3. The molecule has 0 aromatic heterocycles. The van der Waals surface area contributed by atoms with Gasteiger partial charge < -0.3 is 15.2 Å². The predicted molar refractivity (Wildman–Crippen MR) is 91.3 cm³/mol. The highest BCUT2D eigenvalue weighted by Crippen LogP contribution is 2.27. The Labute approximate surface area is 142 Å². The maximum Gasteiger partial charge on any atom is 0.335 e. The molecule has 0 atom stereocenters. The van der Waals surface area contributed by atoms with E-state index in [9.17, 15) is 9.59 Å². The Morgan fingerprint density at radius 1 is 1.09 bits per heavy atom. The van der Waals surface area contributed by atoms with E-state index in [1.54, 1.807) is 30.3 Å². The molecule has 0 bridgehead atoms. The molecule has 2 rings (SSSR count). The molecule has 2 aromatic carbocycles. The van der Waals surface area contributed by atoms with Crippen molar-refractivity contribution in [1.82, 2.24) is 0 Å². The van der Waals surface area contributed by atoms with Crippen LogP contribution >= 0.6 is 15.9 Å². The van der Waals surface area contributed by atoms with Gasteiger partial charge in [0.15, 0.2) is 0 Å². The second kappa shape index (κ2) is 7.28. The summed E-state index contributed by atoms with van der Waals surface area (Å²) in [4.78, 5) is 23.0. The Morgan fingerprint density at radius 2 is 1.70 bits per heavy atom. The highest BCUT2D eigenvalue weighted by Gasteiger charge is 2.11. The molecule has 0 fully saturated rings. The average Bonchev–Trinajstić information content (AvgIpc) is 2.49. The van der Waals surface area contributed by atoms with Crippen LogP contribution in [0.2, 0.25) is 0 Å². The van der Waals surface area contributed by atoms with Crippen molar-refractivity contribution < 1.29 is 19.4 Å². The number of anilines is 1. The fraction of sp³-hybridized carbons (Fsp3) is 0.176. The number of rotatable bonds is 5. The van der Waals surface area contributed by atoms with Crippen molar-refractivity contribution in [1.29, 1.82) is 0 Å². The monoisotopic (exact) mass is 377 g/mol. The van der Waals surface area contributed by atoms with Gasteiger partial charge in [0.2, 0.25) is 0 Å². The van der Waals surface area contributed by atoms with Gasteiger partial charge in [0.25, 0.3) is 5.91 Å². The maximum absolute atomic E-state index is 12.2. The molecular formula is C17H16BrNO4. The number of carboxylic acid groups (broad SMARTS) is 1. The van der Waals surface area contributed by atoms with Crippen LogP contribution in [0.25, 0.3) is 0 Å². The molecular weight excluding hydrogens is 362 g/mol.